The first-order valence-electron chi connectivity index (χ1n) is 43.7. The number of hydrogen-bond acceptors (Lipinski definition) is 0. The third kappa shape index (κ3) is 9.10. The van der Waals surface area contributed by atoms with Gasteiger partial charge in [0.05, 0.1) is 55.5 Å². The molecule has 0 unspecified atom stereocenters. The molecule has 0 aliphatic heterocycles. The van der Waals surface area contributed by atoms with Gasteiger partial charge in [0, 0.05) is 76.2 Å². The summed E-state index contributed by atoms with van der Waals surface area (Å²) in [6.07, 6.45) is 14.2. The summed E-state index contributed by atoms with van der Waals surface area (Å²) in [6, 6.07) is 133. The number of hydrogen-bond donors (Lipinski definition) is 0. The van der Waals surface area contributed by atoms with Crippen molar-refractivity contribution in [1.29, 1.82) is 0 Å². The van der Waals surface area contributed by atoms with Crippen molar-refractivity contribution in [3.8, 4) is 78.4 Å². The molecule has 30 rings (SSSR count). The maximum absolute atomic E-state index is 2.64. The van der Waals surface area contributed by atoms with Gasteiger partial charge in [-0.1, -0.05) is 243 Å². The summed E-state index contributed by atoms with van der Waals surface area (Å²) < 4.78 is 10.0. The number of benzene rings is 16. The molecule has 20 aromatic rings. The molecule has 10 aliphatic rings. The van der Waals surface area contributed by atoms with Crippen LogP contribution in [0.2, 0.25) is 0 Å². The van der Waals surface area contributed by atoms with E-state index in [-0.39, 0.29) is 10.8 Å². The van der Waals surface area contributed by atoms with Crippen molar-refractivity contribution in [3.63, 3.8) is 0 Å². The molecule has 0 amide bonds. The van der Waals surface area contributed by atoms with E-state index in [1.54, 1.807) is 22.3 Å². The van der Waals surface area contributed by atoms with Gasteiger partial charge in [-0.15, -0.1) is 0 Å². The van der Waals surface area contributed by atoms with Crippen LogP contribution in [-0.2, 0) is 10.8 Å². The molecule has 10 aliphatic carbocycles. The highest BCUT2D eigenvalue weighted by Crippen LogP contribution is 2.72. The van der Waals surface area contributed by atoms with Crippen molar-refractivity contribution in [3.05, 3.63) is 374 Å². The van der Waals surface area contributed by atoms with E-state index in [2.05, 4.69) is 370 Å². The van der Waals surface area contributed by atoms with Crippen molar-refractivity contribution in [1.82, 2.24) is 18.3 Å². The lowest BCUT2D eigenvalue weighted by Gasteiger charge is -2.61. The van der Waals surface area contributed by atoms with Crippen LogP contribution in [0.4, 0.5) is 0 Å². The quantitative estimate of drug-likeness (QED) is 0.152. The maximum atomic E-state index is 2.64. The summed E-state index contributed by atoms with van der Waals surface area (Å²) in [5.74, 6) is 6.72. The molecule has 4 heteroatoms. The molecule has 8 fully saturated rings. The smallest absolute Gasteiger partial charge is 0.0541 e. The predicted molar refractivity (Wildman–Crippen MR) is 491 cm³/mol. The van der Waals surface area contributed by atoms with Crippen molar-refractivity contribution < 1.29 is 0 Å². The van der Waals surface area contributed by atoms with Crippen molar-refractivity contribution in [2.75, 3.05) is 0 Å². The van der Waals surface area contributed by atoms with Gasteiger partial charge < -0.3 is 18.3 Å². The average Bonchev–Trinajstić information content (AvgIpc) is 1.50. The lowest BCUT2D eigenvalue weighted by atomic mass is 9.43. The second kappa shape index (κ2) is 24.8. The summed E-state index contributed by atoms with van der Waals surface area (Å²) in [5.41, 5.74) is 35.1. The highest BCUT2D eigenvalue weighted by atomic mass is 15.0. The van der Waals surface area contributed by atoms with Crippen LogP contribution in [-0.4, -0.2) is 18.3 Å². The Morgan fingerprint density at radius 1 is 0.186 bits per heavy atom. The number of rotatable bonds is 7. The van der Waals surface area contributed by atoms with E-state index in [9.17, 15) is 0 Å². The third-order valence-corrected chi connectivity index (χ3v) is 31.2. The van der Waals surface area contributed by atoms with Crippen LogP contribution in [0.25, 0.3) is 176 Å². The second-order valence-corrected chi connectivity index (χ2v) is 36.6. The first-order chi connectivity index (χ1) is 58.4. The molecule has 0 saturated heterocycles. The Kier molecular flexibility index (Phi) is 13.9. The molecule has 562 valence electrons. The van der Waals surface area contributed by atoms with Crippen LogP contribution in [0.5, 0.6) is 0 Å². The van der Waals surface area contributed by atoms with Gasteiger partial charge in [-0.05, 0) is 298 Å². The van der Waals surface area contributed by atoms with E-state index in [1.165, 1.54) is 241 Å². The van der Waals surface area contributed by atoms with Crippen LogP contribution in [0.1, 0.15) is 86.5 Å². The standard InChI is InChI=1S/C58H44N2.C56H42N2/c1-2-12-38(13-3-1)44-14-5-9-19-53(44)60-55-21-11-7-17-48(55)50-34-40(23-27-57(50)60)39-22-26-56-49(33-39)47-16-6-10-20-54(47)59(56)43-24-25-46-45-15-4-8-18-51(45)58(52(46)35-43)41-29-36-28-37(31-41)32-42(58)30-36;1-2-12-42-36(10-1)11-9-19-51(42)58-53-18-8-5-15-46(53)48-32-38(21-25-55(48)58)37-20-24-54-47(31-37)45-14-4-7-17-52(45)57(54)41-22-23-44-43-13-3-6-16-49(43)56(50(44)33-41)39-27-34-26-35(29-39)30-40(56)28-34/h1-27,33-37,41-42H,28-32H2;1-25,31-35,39-40H,26-30H2. The van der Waals surface area contributed by atoms with E-state index in [0.29, 0.717) is 0 Å². The monoisotopic (exact) mass is 1510 g/mol. The highest BCUT2D eigenvalue weighted by molar-refractivity contribution is 6.16. The van der Waals surface area contributed by atoms with E-state index < -0.39 is 0 Å². The molecule has 118 heavy (non-hydrogen) atoms. The third-order valence-electron chi connectivity index (χ3n) is 31.2. The average molecular weight is 1510 g/mol. The molecule has 16 aromatic carbocycles. The van der Waals surface area contributed by atoms with Gasteiger partial charge in [-0.3, -0.25) is 0 Å². The molecule has 0 N–H and O–H groups in total. The molecule has 2 spiro atoms. The zero-order chi connectivity index (χ0) is 76.8. The Balaban J connectivity index is 0.000000126. The minimum absolute atomic E-state index is 0.146. The molecular formula is C114H86N4. The highest BCUT2D eigenvalue weighted by Gasteiger charge is 2.63. The van der Waals surface area contributed by atoms with Gasteiger partial charge in [-0.25, -0.2) is 0 Å². The van der Waals surface area contributed by atoms with Crippen LogP contribution in [0.15, 0.2) is 352 Å². The Bertz CT molecular complexity index is 7610. The number of nitrogens with zero attached hydrogens (tertiary/aromatic N) is 4. The van der Waals surface area contributed by atoms with Crippen molar-refractivity contribution in [2.24, 2.45) is 47.3 Å². The van der Waals surface area contributed by atoms with E-state index in [0.717, 1.165) is 47.3 Å². The van der Waals surface area contributed by atoms with Crippen LogP contribution < -0.4 is 0 Å². The number of fused-ring (bicyclic) bond motifs is 19. The maximum Gasteiger partial charge on any atom is 0.0541 e. The van der Waals surface area contributed by atoms with Crippen molar-refractivity contribution >= 4 is 98.0 Å². The fraction of sp³-hybridized carbons (Fsp3) is 0.175. The zero-order valence-corrected chi connectivity index (χ0v) is 66.0. The Labute approximate surface area is 686 Å². The molecule has 4 nitrogen and oxygen atoms in total. The van der Waals surface area contributed by atoms with Gasteiger partial charge in [0.2, 0.25) is 0 Å². The summed E-state index contributed by atoms with van der Waals surface area (Å²) in [7, 11) is 0. The second-order valence-electron chi connectivity index (χ2n) is 36.6. The van der Waals surface area contributed by atoms with Crippen LogP contribution in [0, 0.1) is 47.3 Å². The van der Waals surface area contributed by atoms with Crippen molar-refractivity contribution in [2.45, 2.75) is 75.0 Å². The number of para-hydroxylation sites is 5. The Hall–Kier alpha value is -13.0. The van der Waals surface area contributed by atoms with Crippen LogP contribution >= 0.6 is 0 Å². The summed E-state index contributed by atoms with van der Waals surface area (Å²) in [6.45, 7) is 0. The fourth-order valence-electron chi connectivity index (χ4n) is 27.2. The minimum atomic E-state index is 0.146. The first kappa shape index (κ1) is 66.2. The summed E-state index contributed by atoms with van der Waals surface area (Å²) in [4.78, 5) is 0. The summed E-state index contributed by atoms with van der Waals surface area (Å²) >= 11 is 0. The molecule has 4 aromatic heterocycles. The normalized spacial score (nSPS) is 22.6. The SMILES string of the molecule is c1ccc(-c2ccccc2-n2c3ccccc3c3cc(-c4ccc5c(c4)c4ccccc4n5-c4ccc5c(c4)C4(c6ccccc6-5)C5CC6CC(C5)CC4C6)ccc32)cc1.c1ccc2c(c1)-c1ccc(-n3c4ccccc4c4cc(-c5ccc6c(c5)c5ccccc5n6-c5cccc6ccccc56)ccc43)cc1C21C2CC3CC(C2)CC1C3. The zero-order valence-electron chi connectivity index (χ0n) is 66.0. The lowest BCUT2D eigenvalue weighted by molar-refractivity contribution is -0.0399. The molecular weight excluding hydrogens is 1430 g/mol. The Morgan fingerprint density at radius 2 is 0.500 bits per heavy atom. The van der Waals surface area contributed by atoms with E-state index >= 15 is 0 Å². The summed E-state index contributed by atoms with van der Waals surface area (Å²) in [5, 5.41) is 12.8. The predicted octanol–water partition coefficient (Wildman–Crippen LogP) is 29.4. The first-order valence-corrected chi connectivity index (χ1v) is 43.7. The topological polar surface area (TPSA) is 19.7 Å². The van der Waals surface area contributed by atoms with Gasteiger partial charge in [-0.2, -0.15) is 0 Å². The van der Waals surface area contributed by atoms with Gasteiger partial charge in [0.1, 0.15) is 0 Å². The largest absolute Gasteiger partial charge is 0.309 e. The molecule has 8 saturated carbocycles. The van der Waals surface area contributed by atoms with Crippen LogP contribution in [0.3, 0.4) is 0 Å². The molecule has 8 bridgehead atoms. The van der Waals surface area contributed by atoms with E-state index in [1.807, 2.05) is 0 Å². The minimum Gasteiger partial charge on any atom is -0.309 e. The molecule has 0 atom stereocenters. The number of aromatic nitrogens is 4. The molecule has 0 radical (unpaired) electrons. The molecule has 4 heterocycles. The van der Waals surface area contributed by atoms with E-state index in [4.69, 9.17) is 0 Å². The fourth-order valence-corrected chi connectivity index (χ4v) is 27.2. The lowest BCUT2D eigenvalue weighted by Crippen LogP contribution is -2.55. The van der Waals surface area contributed by atoms with Gasteiger partial charge in [0.15, 0.2) is 0 Å². The Morgan fingerprint density at radius 3 is 0.941 bits per heavy atom. The van der Waals surface area contributed by atoms with Gasteiger partial charge >= 0.3 is 0 Å². The van der Waals surface area contributed by atoms with Gasteiger partial charge in [0.25, 0.3) is 0 Å².